The number of amides is 1. The number of carbonyl (C=O) groups is 1. The smallest absolute Gasteiger partial charge is 0.319 e. The first kappa shape index (κ1) is 21.0. The molecule has 2 rings (SSSR count). The number of alkyl halides is 2. The summed E-state index contributed by atoms with van der Waals surface area (Å²) in [6.45, 7) is 9.76. The quantitative estimate of drug-likeness (QED) is 0.824. The van der Waals surface area contributed by atoms with Crippen LogP contribution < -0.4 is 5.32 Å². The van der Waals surface area contributed by atoms with Gasteiger partial charge in [0.2, 0.25) is 9.84 Å². The number of para-hydroxylation sites is 1. The standard InChI is InChI=1S/C18H23F2N3O3S/c1-11(2)14-10-13(22-23(14)18(3,4)5)16(24)21-12-8-6-7-9-15(12)27(25,26)17(19)20/h6-11,17H,1-5H3,(H,21,24). The number of sulfone groups is 1. The van der Waals surface area contributed by atoms with Gasteiger partial charge in [0.1, 0.15) is 0 Å². The van der Waals surface area contributed by atoms with E-state index in [1.807, 2.05) is 34.6 Å². The van der Waals surface area contributed by atoms with Gasteiger partial charge in [0, 0.05) is 5.69 Å². The molecule has 27 heavy (non-hydrogen) atoms. The van der Waals surface area contributed by atoms with Crippen molar-refractivity contribution in [3.8, 4) is 0 Å². The number of anilines is 1. The lowest BCUT2D eigenvalue weighted by molar-refractivity contribution is 0.102. The van der Waals surface area contributed by atoms with Crippen molar-refractivity contribution >= 4 is 21.4 Å². The Balaban J connectivity index is 2.43. The highest BCUT2D eigenvalue weighted by Crippen LogP contribution is 2.27. The van der Waals surface area contributed by atoms with Crippen LogP contribution in [0.25, 0.3) is 0 Å². The summed E-state index contributed by atoms with van der Waals surface area (Å²) >= 11 is 0. The van der Waals surface area contributed by atoms with E-state index in [0.717, 1.165) is 11.8 Å². The fraction of sp³-hybridized carbons (Fsp3) is 0.444. The zero-order valence-corrected chi connectivity index (χ0v) is 16.6. The third kappa shape index (κ3) is 4.35. The summed E-state index contributed by atoms with van der Waals surface area (Å²) in [5, 5.41) is 6.72. The third-order valence-electron chi connectivity index (χ3n) is 3.87. The maximum atomic E-state index is 12.9. The number of hydrogen-bond donors (Lipinski definition) is 1. The molecular weight excluding hydrogens is 376 g/mol. The van der Waals surface area contributed by atoms with Gasteiger partial charge in [-0.2, -0.15) is 13.9 Å². The Bertz CT molecular complexity index is 945. The lowest BCUT2D eigenvalue weighted by Gasteiger charge is -2.23. The molecule has 1 amide bonds. The number of benzene rings is 1. The summed E-state index contributed by atoms with van der Waals surface area (Å²) in [6, 6.07) is 6.68. The average Bonchev–Trinajstić information content (AvgIpc) is 3.01. The molecule has 1 N–H and O–H groups in total. The number of aromatic nitrogens is 2. The molecule has 1 heterocycles. The Morgan fingerprint density at radius 1 is 1.19 bits per heavy atom. The lowest BCUT2D eigenvalue weighted by atomic mass is 10.1. The zero-order chi connectivity index (χ0) is 20.6. The van der Waals surface area contributed by atoms with Crippen LogP contribution in [0.4, 0.5) is 14.5 Å². The van der Waals surface area contributed by atoms with Crippen LogP contribution in [0.5, 0.6) is 0 Å². The van der Waals surface area contributed by atoms with E-state index in [9.17, 15) is 22.0 Å². The highest BCUT2D eigenvalue weighted by Gasteiger charge is 2.30. The molecule has 1 aromatic carbocycles. The van der Waals surface area contributed by atoms with Crippen molar-refractivity contribution in [3.63, 3.8) is 0 Å². The van der Waals surface area contributed by atoms with E-state index in [-0.39, 0.29) is 22.8 Å². The first-order chi connectivity index (χ1) is 12.4. The Morgan fingerprint density at radius 3 is 2.26 bits per heavy atom. The second-order valence-electron chi connectivity index (χ2n) is 7.45. The number of carbonyl (C=O) groups excluding carboxylic acids is 1. The molecule has 0 unspecified atom stereocenters. The van der Waals surface area contributed by atoms with Gasteiger partial charge >= 0.3 is 5.76 Å². The van der Waals surface area contributed by atoms with Gasteiger partial charge in [-0.05, 0) is 44.9 Å². The number of nitrogens with zero attached hydrogens (tertiary/aromatic N) is 2. The number of hydrogen-bond acceptors (Lipinski definition) is 4. The van der Waals surface area contributed by atoms with Crippen molar-refractivity contribution in [2.75, 3.05) is 5.32 Å². The van der Waals surface area contributed by atoms with Gasteiger partial charge in [-0.3, -0.25) is 9.48 Å². The molecule has 0 bridgehead atoms. The molecule has 0 aliphatic carbocycles. The first-order valence-corrected chi connectivity index (χ1v) is 9.93. The predicted octanol–water partition coefficient (Wildman–Crippen LogP) is 4.01. The van der Waals surface area contributed by atoms with E-state index in [2.05, 4.69) is 10.4 Å². The van der Waals surface area contributed by atoms with E-state index >= 15 is 0 Å². The van der Waals surface area contributed by atoms with Crippen LogP contribution in [-0.4, -0.2) is 29.9 Å². The minimum absolute atomic E-state index is 0.0814. The molecule has 0 saturated carbocycles. The molecule has 0 aliphatic rings. The minimum atomic E-state index is -4.85. The molecular formula is C18H23F2N3O3S. The predicted molar refractivity (Wildman–Crippen MR) is 98.9 cm³/mol. The third-order valence-corrected chi connectivity index (χ3v) is 5.31. The van der Waals surface area contributed by atoms with Crippen LogP contribution in [0.15, 0.2) is 35.2 Å². The van der Waals surface area contributed by atoms with Crippen LogP contribution in [-0.2, 0) is 15.4 Å². The maximum Gasteiger partial charge on any atom is 0.341 e. The number of nitrogens with one attached hydrogen (secondary N) is 1. The number of rotatable bonds is 5. The van der Waals surface area contributed by atoms with Crippen LogP contribution >= 0.6 is 0 Å². The van der Waals surface area contributed by atoms with Gasteiger partial charge in [-0.1, -0.05) is 26.0 Å². The van der Waals surface area contributed by atoms with E-state index in [0.29, 0.717) is 0 Å². The fourth-order valence-electron chi connectivity index (χ4n) is 2.56. The molecule has 0 spiro atoms. The van der Waals surface area contributed by atoms with Gasteiger partial charge in [0.15, 0.2) is 5.69 Å². The average molecular weight is 399 g/mol. The molecule has 6 nitrogen and oxygen atoms in total. The van der Waals surface area contributed by atoms with Crippen molar-refractivity contribution in [1.82, 2.24) is 9.78 Å². The van der Waals surface area contributed by atoms with E-state index in [1.54, 1.807) is 10.7 Å². The maximum absolute atomic E-state index is 12.9. The monoisotopic (exact) mass is 399 g/mol. The molecule has 0 aliphatic heterocycles. The Kier molecular flexibility index (Phi) is 5.74. The molecule has 0 fully saturated rings. The summed E-state index contributed by atoms with van der Waals surface area (Å²) in [5.74, 6) is -4.15. The second kappa shape index (κ2) is 7.38. The highest BCUT2D eigenvalue weighted by molar-refractivity contribution is 7.91. The summed E-state index contributed by atoms with van der Waals surface area (Å²) < 4.78 is 51.2. The highest BCUT2D eigenvalue weighted by atomic mass is 32.2. The van der Waals surface area contributed by atoms with E-state index in [4.69, 9.17) is 0 Å². The van der Waals surface area contributed by atoms with Crippen molar-refractivity contribution in [1.29, 1.82) is 0 Å². The van der Waals surface area contributed by atoms with Gasteiger partial charge in [-0.25, -0.2) is 8.42 Å². The largest absolute Gasteiger partial charge is 0.341 e. The zero-order valence-electron chi connectivity index (χ0n) is 15.8. The Labute approximate surface area is 157 Å². The van der Waals surface area contributed by atoms with Crippen LogP contribution in [0, 0.1) is 0 Å². The fourth-order valence-corrected chi connectivity index (χ4v) is 3.44. The Morgan fingerprint density at radius 2 is 1.78 bits per heavy atom. The summed E-state index contributed by atoms with van der Waals surface area (Å²) in [5.41, 5.74) is 0.341. The SMILES string of the molecule is CC(C)c1cc(C(=O)Nc2ccccc2S(=O)(=O)C(F)F)nn1C(C)(C)C. The van der Waals surface area contributed by atoms with Crippen molar-refractivity contribution in [2.45, 2.75) is 56.7 Å². The summed E-state index contributed by atoms with van der Waals surface area (Å²) in [7, 11) is -4.85. The number of halogens is 2. The first-order valence-electron chi connectivity index (χ1n) is 8.38. The van der Waals surface area contributed by atoms with Gasteiger partial charge in [0.25, 0.3) is 5.91 Å². The molecule has 0 radical (unpaired) electrons. The van der Waals surface area contributed by atoms with Crippen molar-refractivity contribution < 1.29 is 22.0 Å². The molecule has 0 saturated heterocycles. The van der Waals surface area contributed by atoms with Crippen molar-refractivity contribution in [2.24, 2.45) is 0 Å². The van der Waals surface area contributed by atoms with Crippen LogP contribution in [0.3, 0.4) is 0 Å². The lowest BCUT2D eigenvalue weighted by Crippen LogP contribution is -2.26. The molecule has 1 aromatic heterocycles. The summed E-state index contributed by atoms with van der Waals surface area (Å²) in [4.78, 5) is 12.0. The molecule has 2 aromatic rings. The van der Waals surface area contributed by atoms with Crippen LogP contribution in [0.1, 0.15) is 56.7 Å². The van der Waals surface area contributed by atoms with Crippen molar-refractivity contribution in [3.05, 3.63) is 41.7 Å². The van der Waals surface area contributed by atoms with Gasteiger partial charge in [-0.15, -0.1) is 0 Å². The van der Waals surface area contributed by atoms with Crippen LogP contribution in [0.2, 0.25) is 0 Å². The van der Waals surface area contributed by atoms with E-state index < -0.39 is 26.4 Å². The van der Waals surface area contributed by atoms with Gasteiger partial charge in [0.05, 0.1) is 16.1 Å². The molecule has 148 valence electrons. The molecule has 0 atom stereocenters. The normalized spacial score (nSPS) is 12.6. The topological polar surface area (TPSA) is 81.1 Å². The van der Waals surface area contributed by atoms with E-state index in [1.165, 1.54) is 18.2 Å². The second-order valence-corrected chi connectivity index (χ2v) is 9.33. The summed E-state index contributed by atoms with van der Waals surface area (Å²) in [6.07, 6.45) is 0. The minimum Gasteiger partial charge on any atom is -0.319 e. The van der Waals surface area contributed by atoms with Gasteiger partial charge < -0.3 is 5.32 Å². The molecule has 9 heteroatoms. The Hall–Kier alpha value is -2.29.